The van der Waals surface area contributed by atoms with Crippen molar-refractivity contribution in [2.24, 2.45) is 4.40 Å². The summed E-state index contributed by atoms with van der Waals surface area (Å²) < 4.78 is 29.9. The Morgan fingerprint density at radius 3 is 2.07 bits per heavy atom. The van der Waals surface area contributed by atoms with E-state index >= 15 is 0 Å². The number of sulfonamides is 1. The average Bonchev–Trinajstić information content (AvgIpc) is 2.67. The third-order valence-corrected chi connectivity index (χ3v) is 5.39. The summed E-state index contributed by atoms with van der Waals surface area (Å²) in [7, 11) is -2.15. The summed E-state index contributed by atoms with van der Waals surface area (Å²) in [5, 5.41) is 9.51. The number of phenolic OH excluding ortho intramolecular Hbond substituents is 1. The largest absolute Gasteiger partial charge is 0.508 e. The van der Waals surface area contributed by atoms with Crippen molar-refractivity contribution >= 4 is 21.5 Å². The van der Waals surface area contributed by atoms with Crippen molar-refractivity contribution in [3.63, 3.8) is 0 Å². The SMILES string of the molecule is Cc1ccc(S(=O)(=O)/N=C(\c2ccccc2)N(C)c2ccc(O)cc2)cc1. The van der Waals surface area contributed by atoms with E-state index in [-0.39, 0.29) is 10.6 Å². The second kappa shape index (κ2) is 7.63. The molecule has 0 unspecified atom stereocenters. The van der Waals surface area contributed by atoms with Crippen LogP contribution in [0.15, 0.2) is 88.2 Å². The minimum atomic E-state index is -3.89. The lowest BCUT2D eigenvalue weighted by atomic mass is 10.2. The van der Waals surface area contributed by atoms with Gasteiger partial charge in [-0.2, -0.15) is 8.42 Å². The van der Waals surface area contributed by atoms with E-state index in [1.807, 2.05) is 25.1 Å². The van der Waals surface area contributed by atoms with Gasteiger partial charge < -0.3 is 10.0 Å². The van der Waals surface area contributed by atoms with Gasteiger partial charge in [-0.1, -0.05) is 48.0 Å². The summed E-state index contributed by atoms with van der Waals surface area (Å²) >= 11 is 0. The van der Waals surface area contributed by atoms with E-state index in [4.69, 9.17) is 0 Å². The average molecular weight is 380 g/mol. The second-order valence-corrected chi connectivity index (χ2v) is 7.75. The van der Waals surface area contributed by atoms with Crippen molar-refractivity contribution in [2.75, 3.05) is 11.9 Å². The number of amidine groups is 1. The van der Waals surface area contributed by atoms with E-state index in [0.717, 1.165) is 5.56 Å². The maximum Gasteiger partial charge on any atom is 0.284 e. The number of benzene rings is 3. The number of aryl methyl sites for hydroxylation is 1. The van der Waals surface area contributed by atoms with Gasteiger partial charge in [0.15, 0.2) is 5.84 Å². The summed E-state index contributed by atoms with van der Waals surface area (Å²) in [5.74, 6) is 0.430. The van der Waals surface area contributed by atoms with Gasteiger partial charge >= 0.3 is 0 Å². The van der Waals surface area contributed by atoms with E-state index in [2.05, 4.69) is 4.40 Å². The summed E-state index contributed by atoms with van der Waals surface area (Å²) in [6, 6.07) is 22.2. The maximum atomic E-state index is 12.9. The van der Waals surface area contributed by atoms with Gasteiger partial charge in [0.2, 0.25) is 0 Å². The molecular weight excluding hydrogens is 360 g/mol. The molecule has 0 amide bonds. The van der Waals surface area contributed by atoms with Gasteiger partial charge in [-0.05, 0) is 43.3 Å². The van der Waals surface area contributed by atoms with Crippen molar-refractivity contribution in [3.8, 4) is 5.75 Å². The van der Waals surface area contributed by atoms with E-state index in [9.17, 15) is 13.5 Å². The van der Waals surface area contributed by atoms with Crippen molar-refractivity contribution < 1.29 is 13.5 Å². The predicted molar refractivity (Wildman–Crippen MR) is 108 cm³/mol. The van der Waals surface area contributed by atoms with Gasteiger partial charge in [-0.15, -0.1) is 4.40 Å². The Bertz CT molecular complexity index is 1040. The Morgan fingerprint density at radius 2 is 1.48 bits per heavy atom. The number of nitrogens with zero attached hydrogens (tertiary/aromatic N) is 2. The Labute approximate surface area is 159 Å². The highest BCUT2D eigenvalue weighted by atomic mass is 32.2. The lowest BCUT2D eigenvalue weighted by molar-refractivity contribution is 0.475. The van der Waals surface area contributed by atoms with E-state index in [1.165, 1.54) is 0 Å². The van der Waals surface area contributed by atoms with Crippen LogP contribution in [0.25, 0.3) is 0 Å². The fourth-order valence-corrected chi connectivity index (χ4v) is 3.61. The molecule has 5 nitrogen and oxygen atoms in total. The standard InChI is InChI=1S/C21H20N2O3S/c1-16-8-14-20(15-9-16)27(25,26)22-21(17-6-4-3-5-7-17)23(2)18-10-12-19(24)13-11-18/h3-15,24H,1-2H3/b22-21+. The topological polar surface area (TPSA) is 70.0 Å². The summed E-state index contributed by atoms with van der Waals surface area (Å²) in [6.45, 7) is 1.90. The molecule has 0 aromatic heterocycles. The smallest absolute Gasteiger partial charge is 0.284 e. The third kappa shape index (κ3) is 4.35. The first kappa shape index (κ1) is 18.7. The van der Waals surface area contributed by atoms with Crippen LogP contribution in [0.5, 0.6) is 5.75 Å². The Morgan fingerprint density at radius 1 is 0.889 bits per heavy atom. The number of rotatable bonds is 4. The van der Waals surface area contributed by atoms with Crippen LogP contribution < -0.4 is 4.90 Å². The zero-order chi connectivity index (χ0) is 19.4. The first-order valence-corrected chi connectivity index (χ1v) is 9.81. The van der Waals surface area contributed by atoms with Crippen LogP contribution in [0.2, 0.25) is 0 Å². The van der Waals surface area contributed by atoms with Crippen LogP contribution in [0.1, 0.15) is 11.1 Å². The Hall–Kier alpha value is -3.12. The molecule has 27 heavy (non-hydrogen) atoms. The van der Waals surface area contributed by atoms with Gasteiger partial charge in [0, 0.05) is 18.3 Å². The molecule has 0 aliphatic heterocycles. The number of anilines is 1. The molecule has 0 bridgehead atoms. The fourth-order valence-electron chi connectivity index (χ4n) is 2.57. The van der Waals surface area contributed by atoms with Crippen LogP contribution >= 0.6 is 0 Å². The minimum absolute atomic E-state index is 0.137. The molecule has 0 aliphatic carbocycles. The molecule has 0 heterocycles. The molecular formula is C21H20N2O3S. The fraction of sp³-hybridized carbons (Fsp3) is 0.0952. The van der Waals surface area contributed by atoms with Gasteiger partial charge in [-0.25, -0.2) is 0 Å². The van der Waals surface area contributed by atoms with Crippen molar-refractivity contribution in [1.29, 1.82) is 0 Å². The first-order chi connectivity index (χ1) is 12.9. The van der Waals surface area contributed by atoms with Crippen molar-refractivity contribution in [1.82, 2.24) is 0 Å². The zero-order valence-electron chi connectivity index (χ0n) is 15.1. The van der Waals surface area contributed by atoms with Crippen LogP contribution in [-0.4, -0.2) is 26.4 Å². The highest BCUT2D eigenvalue weighted by molar-refractivity contribution is 7.90. The van der Waals surface area contributed by atoms with Crippen molar-refractivity contribution in [3.05, 3.63) is 90.0 Å². The molecule has 1 N–H and O–H groups in total. The molecule has 0 atom stereocenters. The van der Waals surface area contributed by atoms with E-state index < -0.39 is 10.0 Å². The number of aromatic hydroxyl groups is 1. The van der Waals surface area contributed by atoms with Crippen LogP contribution in [0.4, 0.5) is 5.69 Å². The van der Waals surface area contributed by atoms with Gasteiger partial charge in [0.05, 0.1) is 4.90 Å². The lowest BCUT2D eigenvalue weighted by Gasteiger charge is -2.21. The normalized spacial score (nSPS) is 12.0. The minimum Gasteiger partial charge on any atom is -0.508 e. The molecule has 3 aromatic carbocycles. The quantitative estimate of drug-likeness (QED) is 0.549. The van der Waals surface area contributed by atoms with E-state index in [0.29, 0.717) is 17.1 Å². The number of hydrogen-bond acceptors (Lipinski definition) is 3. The molecule has 0 radical (unpaired) electrons. The lowest BCUT2D eigenvalue weighted by Crippen LogP contribution is -2.28. The third-order valence-electron chi connectivity index (χ3n) is 4.11. The highest BCUT2D eigenvalue weighted by Gasteiger charge is 2.19. The molecule has 0 fully saturated rings. The molecule has 0 aliphatic rings. The zero-order valence-corrected chi connectivity index (χ0v) is 15.9. The molecule has 0 saturated heterocycles. The molecule has 3 rings (SSSR count). The maximum absolute atomic E-state index is 12.9. The summed E-state index contributed by atoms with van der Waals surface area (Å²) in [5.41, 5.74) is 2.35. The highest BCUT2D eigenvalue weighted by Crippen LogP contribution is 2.22. The number of hydrogen-bond donors (Lipinski definition) is 1. The van der Waals surface area contributed by atoms with Crippen LogP contribution in [0, 0.1) is 6.92 Å². The summed E-state index contributed by atoms with van der Waals surface area (Å²) in [4.78, 5) is 1.82. The van der Waals surface area contributed by atoms with Crippen LogP contribution in [0.3, 0.4) is 0 Å². The second-order valence-electron chi connectivity index (χ2n) is 6.14. The van der Waals surface area contributed by atoms with Crippen LogP contribution in [-0.2, 0) is 10.0 Å². The monoisotopic (exact) mass is 380 g/mol. The molecule has 3 aromatic rings. The Kier molecular flexibility index (Phi) is 5.28. The van der Waals surface area contributed by atoms with Gasteiger partial charge in [0.1, 0.15) is 5.75 Å². The molecule has 0 saturated carbocycles. The summed E-state index contributed by atoms with van der Waals surface area (Å²) in [6.07, 6.45) is 0. The van der Waals surface area contributed by atoms with Gasteiger partial charge in [0.25, 0.3) is 10.0 Å². The Balaban J connectivity index is 2.11. The predicted octanol–water partition coefficient (Wildman–Crippen LogP) is 3.97. The molecule has 6 heteroatoms. The van der Waals surface area contributed by atoms with Gasteiger partial charge in [-0.3, -0.25) is 0 Å². The molecule has 138 valence electrons. The van der Waals surface area contributed by atoms with E-state index in [1.54, 1.807) is 72.6 Å². The van der Waals surface area contributed by atoms with Crippen molar-refractivity contribution in [2.45, 2.75) is 11.8 Å². The first-order valence-electron chi connectivity index (χ1n) is 8.37. The number of phenols is 1. The molecule has 0 spiro atoms.